The summed E-state index contributed by atoms with van der Waals surface area (Å²) in [5, 5.41) is 1.05. The molecule has 0 amide bonds. The highest BCUT2D eigenvalue weighted by Crippen LogP contribution is 2.27. The van der Waals surface area contributed by atoms with E-state index in [-0.39, 0.29) is 5.78 Å². The van der Waals surface area contributed by atoms with Crippen LogP contribution in [-0.2, 0) is 0 Å². The maximum atomic E-state index is 11.9. The van der Waals surface area contributed by atoms with Gasteiger partial charge in [-0.1, -0.05) is 53.5 Å². The van der Waals surface area contributed by atoms with E-state index in [1.165, 1.54) is 0 Å². The molecule has 2 aromatic carbocycles. The highest BCUT2D eigenvalue weighted by atomic mass is 35.5. The van der Waals surface area contributed by atoms with Gasteiger partial charge in [-0.2, -0.15) is 0 Å². The lowest BCUT2D eigenvalue weighted by atomic mass is 10.1. The van der Waals surface area contributed by atoms with E-state index < -0.39 is 0 Å². The summed E-state index contributed by atoms with van der Waals surface area (Å²) in [5.41, 5.74) is 0.733. The molecule has 20 heavy (non-hydrogen) atoms. The van der Waals surface area contributed by atoms with Gasteiger partial charge in [-0.15, -0.1) is 0 Å². The van der Waals surface area contributed by atoms with Gasteiger partial charge in [0.25, 0.3) is 0 Å². The molecule has 0 bridgehead atoms. The maximum Gasteiger partial charge on any atom is 0.163 e. The third kappa shape index (κ3) is 4.26. The largest absolute Gasteiger partial charge is 0.492 e. The van der Waals surface area contributed by atoms with Crippen molar-refractivity contribution in [3.8, 4) is 5.75 Å². The van der Waals surface area contributed by atoms with E-state index in [0.29, 0.717) is 35.2 Å². The van der Waals surface area contributed by atoms with E-state index in [2.05, 4.69) is 0 Å². The zero-order chi connectivity index (χ0) is 14.4. The average Bonchev–Trinajstić information content (AvgIpc) is 2.46. The number of Topliss-reactive ketones (excluding diaryl/α,β-unsaturated/α-hetero) is 1. The Balaban J connectivity index is 1.78. The second-order valence-corrected chi connectivity index (χ2v) is 5.16. The highest BCUT2D eigenvalue weighted by Gasteiger charge is 2.06. The summed E-state index contributed by atoms with van der Waals surface area (Å²) in [7, 11) is 0. The van der Waals surface area contributed by atoms with Gasteiger partial charge in [0.2, 0.25) is 0 Å². The van der Waals surface area contributed by atoms with E-state index in [0.717, 1.165) is 5.56 Å². The number of benzene rings is 2. The van der Waals surface area contributed by atoms with Crippen LogP contribution in [0.5, 0.6) is 5.75 Å². The molecular formula is C16H14Cl2O2. The number of ketones is 1. The molecule has 0 saturated carbocycles. The number of ether oxygens (including phenoxy) is 1. The SMILES string of the molecule is O=C(CCCOc1ccc(Cl)cc1Cl)c1ccccc1. The Labute approximate surface area is 128 Å². The minimum atomic E-state index is 0.122. The van der Waals surface area contributed by atoms with Gasteiger partial charge in [0.05, 0.1) is 11.6 Å². The fourth-order valence-corrected chi connectivity index (χ4v) is 2.24. The molecule has 0 aliphatic rings. The molecule has 0 aromatic heterocycles. The number of carbonyl (C=O) groups is 1. The molecule has 0 N–H and O–H groups in total. The Kier molecular flexibility index (Phi) is 5.45. The summed E-state index contributed by atoms with van der Waals surface area (Å²) < 4.78 is 5.54. The van der Waals surface area contributed by atoms with Gasteiger partial charge in [-0.05, 0) is 24.6 Å². The van der Waals surface area contributed by atoms with Gasteiger partial charge < -0.3 is 4.74 Å². The van der Waals surface area contributed by atoms with E-state index in [1.807, 2.05) is 30.3 Å². The van der Waals surface area contributed by atoms with Crippen molar-refractivity contribution in [3.63, 3.8) is 0 Å². The fraction of sp³-hybridized carbons (Fsp3) is 0.188. The van der Waals surface area contributed by atoms with Crippen LogP contribution >= 0.6 is 23.2 Å². The molecule has 0 saturated heterocycles. The van der Waals surface area contributed by atoms with Crippen molar-refractivity contribution in [2.45, 2.75) is 12.8 Å². The van der Waals surface area contributed by atoms with Crippen molar-refractivity contribution in [1.29, 1.82) is 0 Å². The van der Waals surface area contributed by atoms with Crippen LogP contribution in [0.25, 0.3) is 0 Å². The minimum Gasteiger partial charge on any atom is -0.492 e. The molecule has 2 nitrogen and oxygen atoms in total. The summed E-state index contributed by atoms with van der Waals surface area (Å²) in [5.74, 6) is 0.708. The Morgan fingerprint density at radius 1 is 1.05 bits per heavy atom. The van der Waals surface area contributed by atoms with Crippen LogP contribution in [0.4, 0.5) is 0 Å². The van der Waals surface area contributed by atoms with Gasteiger partial charge >= 0.3 is 0 Å². The topological polar surface area (TPSA) is 26.3 Å². The number of rotatable bonds is 6. The zero-order valence-corrected chi connectivity index (χ0v) is 12.3. The van der Waals surface area contributed by atoms with Crippen molar-refractivity contribution in [2.24, 2.45) is 0 Å². The summed E-state index contributed by atoms with van der Waals surface area (Å²) in [6, 6.07) is 14.3. The molecule has 4 heteroatoms. The Morgan fingerprint density at radius 3 is 2.50 bits per heavy atom. The Hall–Kier alpha value is -1.51. The highest BCUT2D eigenvalue weighted by molar-refractivity contribution is 6.35. The van der Waals surface area contributed by atoms with Crippen LogP contribution in [-0.4, -0.2) is 12.4 Å². The first kappa shape index (κ1) is 14.9. The van der Waals surface area contributed by atoms with E-state index in [4.69, 9.17) is 27.9 Å². The number of hydrogen-bond acceptors (Lipinski definition) is 2. The van der Waals surface area contributed by atoms with Crippen molar-refractivity contribution in [3.05, 3.63) is 64.1 Å². The first-order valence-electron chi connectivity index (χ1n) is 6.33. The molecule has 0 aliphatic carbocycles. The standard InChI is InChI=1S/C16H14Cl2O2/c17-13-8-9-16(14(18)11-13)20-10-4-7-15(19)12-5-2-1-3-6-12/h1-3,5-6,8-9,11H,4,7,10H2. The molecule has 0 atom stereocenters. The van der Waals surface area contributed by atoms with Gasteiger partial charge in [-0.3, -0.25) is 4.79 Å². The lowest BCUT2D eigenvalue weighted by Crippen LogP contribution is -2.04. The van der Waals surface area contributed by atoms with Crippen LogP contribution in [0.3, 0.4) is 0 Å². The van der Waals surface area contributed by atoms with Crippen LogP contribution in [0.15, 0.2) is 48.5 Å². The quantitative estimate of drug-likeness (QED) is 0.552. The normalized spacial score (nSPS) is 10.3. The Morgan fingerprint density at radius 2 is 1.80 bits per heavy atom. The third-order valence-corrected chi connectivity index (χ3v) is 3.33. The molecule has 0 aliphatic heterocycles. The van der Waals surface area contributed by atoms with Gasteiger partial charge in [0.15, 0.2) is 5.78 Å². The summed E-state index contributed by atoms with van der Waals surface area (Å²) in [6.07, 6.45) is 1.10. The molecule has 0 radical (unpaired) electrons. The fourth-order valence-electron chi connectivity index (χ4n) is 1.78. The molecule has 0 unspecified atom stereocenters. The van der Waals surface area contributed by atoms with Gasteiger partial charge in [0, 0.05) is 17.0 Å². The monoisotopic (exact) mass is 308 g/mol. The minimum absolute atomic E-state index is 0.122. The van der Waals surface area contributed by atoms with E-state index in [1.54, 1.807) is 18.2 Å². The lowest BCUT2D eigenvalue weighted by molar-refractivity contribution is 0.0973. The summed E-state index contributed by atoms with van der Waals surface area (Å²) in [4.78, 5) is 11.9. The molecule has 0 heterocycles. The molecule has 2 rings (SSSR count). The average molecular weight is 309 g/mol. The molecular weight excluding hydrogens is 295 g/mol. The number of halogens is 2. The van der Waals surface area contributed by atoms with Crippen LogP contribution < -0.4 is 4.74 Å². The van der Waals surface area contributed by atoms with Crippen molar-refractivity contribution in [2.75, 3.05) is 6.61 Å². The van der Waals surface area contributed by atoms with Crippen molar-refractivity contribution in [1.82, 2.24) is 0 Å². The number of carbonyl (C=O) groups excluding carboxylic acids is 1. The lowest BCUT2D eigenvalue weighted by Gasteiger charge is -2.08. The smallest absolute Gasteiger partial charge is 0.163 e. The first-order chi connectivity index (χ1) is 9.66. The second kappa shape index (κ2) is 7.32. The predicted octanol–water partition coefficient (Wildman–Crippen LogP) is 5.04. The first-order valence-corrected chi connectivity index (χ1v) is 7.08. The predicted molar refractivity (Wildman–Crippen MR) is 82.0 cm³/mol. The third-order valence-electron chi connectivity index (χ3n) is 2.80. The summed E-state index contributed by atoms with van der Waals surface area (Å²) in [6.45, 7) is 0.444. The van der Waals surface area contributed by atoms with Gasteiger partial charge in [0.1, 0.15) is 5.75 Å². The van der Waals surface area contributed by atoms with E-state index >= 15 is 0 Å². The van der Waals surface area contributed by atoms with Crippen LogP contribution in [0.2, 0.25) is 10.0 Å². The van der Waals surface area contributed by atoms with Crippen LogP contribution in [0.1, 0.15) is 23.2 Å². The van der Waals surface area contributed by atoms with Gasteiger partial charge in [-0.25, -0.2) is 0 Å². The molecule has 0 fully saturated rings. The number of hydrogen-bond donors (Lipinski definition) is 0. The Bertz CT molecular complexity index is 582. The molecule has 0 spiro atoms. The summed E-state index contributed by atoms with van der Waals surface area (Å²) >= 11 is 11.8. The molecule has 104 valence electrons. The van der Waals surface area contributed by atoms with E-state index in [9.17, 15) is 4.79 Å². The molecule has 2 aromatic rings. The van der Waals surface area contributed by atoms with Crippen LogP contribution in [0, 0.1) is 0 Å². The van der Waals surface area contributed by atoms with Crippen molar-refractivity contribution < 1.29 is 9.53 Å². The maximum absolute atomic E-state index is 11.9. The second-order valence-electron chi connectivity index (χ2n) is 4.32. The zero-order valence-electron chi connectivity index (χ0n) is 10.8. The van der Waals surface area contributed by atoms with Crippen molar-refractivity contribution >= 4 is 29.0 Å².